The molecule has 29 heavy (non-hydrogen) atoms. The molecule has 0 aliphatic rings. The van der Waals surface area contributed by atoms with Crippen molar-refractivity contribution in [3.8, 4) is 0 Å². The van der Waals surface area contributed by atoms with Crippen LogP contribution in [0.25, 0.3) is 0 Å². The minimum absolute atomic E-state index is 0.196. The van der Waals surface area contributed by atoms with Crippen LogP contribution in [-0.4, -0.2) is 30.1 Å². The molecular weight excluding hydrogens is 412 g/mol. The fourth-order valence-electron chi connectivity index (χ4n) is 2.42. The van der Waals surface area contributed by atoms with Gasteiger partial charge in [-0.3, -0.25) is 4.98 Å². The van der Waals surface area contributed by atoms with Crippen LogP contribution in [0.5, 0.6) is 0 Å². The van der Waals surface area contributed by atoms with Crippen molar-refractivity contribution in [2.75, 3.05) is 0 Å². The van der Waals surface area contributed by atoms with E-state index in [0.717, 1.165) is 0 Å². The minimum atomic E-state index is -4.80. The summed E-state index contributed by atoms with van der Waals surface area (Å²) in [5.41, 5.74) is -2.30. The van der Waals surface area contributed by atoms with Gasteiger partial charge in [-0.15, -0.1) is 0 Å². The maximum atomic E-state index is 13.6. The van der Waals surface area contributed by atoms with E-state index in [9.17, 15) is 31.4 Å². The zero-order chi connectivity index (χ0) is 22.7. The smallest absolute Gasteiger partial charge is 0.376 e. The molecule has 0 spiro atoms. The molecule has 1 N–H and O–H groups in total. The highest BCUT2D eigenvalue weighted by Gasteiger charge is 2.58. The first-order valence-corrected chi connectivity index (χ1v) is 12.4. The lowest BCUT2D eigenvalue weighted by atomic mass is 9.78. The van der Waals surface area contributed by atoms with E-state index in [4.69, 9.17) is 0 Å². The number of benzene rings is 1. The molecule has 2 atom stereocenters. The number of aliphatic hydroxyl groups is 1. The van der Waals surface area contributed by atoms with Crippen LogP contribution in [0.15, 0.2) is 48.7 Å². The van der Waals surface area contributed by atoms with Crippen molar-refractivity contribution in [3.63, 3.8) is 0 Å². The first kappa shape index (κ1) is 25.2. The van der Waals surface area contributed by atoms with Crippen molar-refractivity contribution in [3.05, 3.63) is 65.5 Å². The molecule has 0 radical (unpaired) electrons. The van der Waals surface area contributed by atoms with E-state index in [1.807, 2.05) is 0 Å². The molecule has 2 rings (SSSR count). The first-order chi connectivity index (χ1) is 13.0. The number of pyridine rings is 1. The van der Waals surface area contributed by atoms with Crippen LogP contribution < -0.4 is 0 Å². The van der Waals surface area contributed by atoms with E-state index < -0.39 is 31.6 Å². The summed E-state index contributed by atoms with van der Waals surface area (Å²) in [5, 5.41) is 10.5. The van der Waals surface area contributed by atoms with Gasteiger partial charge in [0.15, 0.2) is 13.7 Å². The van der Waals surface area contributed by atoms with Gasteiger partial charge in [-0.1, -0.05) is 56.9 Å². The number of hydrogen-bond acceptors (Lipinski definition) is 2. The molecule has 0 saturated carbocycles. The lowest BCUT2D eigenvalue weighted by molar-refractivity contribution is -0.274. The normalized spacial score (nSPS) is 15.7. The largest absolute Gasteiger partial charge is 0.422 e. The van der Waals surface area contributed by atoms with Crippen molar-refractivity contribution in [1.82, 2.24) is 4.98 Å². The SMILES string of the molecule is C[Si](C)(C)C(F)(F)F.Cc1cc(C(O)(C(C)c2ccccc2)C(F)(F)F)ccn1. The molecule has 1 heterocycles. The second kappa shape index (κ2) is 8.87. The molecular formula is C20H25F6NOSi. The highest BCUT2D eigenvalue weighted by atomic mass is 28.3. The van der Waals surface area contributed by atoms with Gasteiger partial charge in [0.1, 0.15) is 0 Å². The molecule has 0 fully saturated rings. The lowest BCUT2D eigenvalue weighted by Gasteiger charge is -2.36. The number of aromatic nitrogens is 1. The molecule has 2 aromatic rings. The standard InChI is InChI=1S/C16H16F3NO.C4H9F3Si/c1-11-10-14(8-9-20-11)15(21,16(17,18)19)12(2)13-6-4-3-5-7-13;1-8(2,3)4(5,6)7/h3-10,12,21H,1-2H3;1-3H3. The van der Waals surface area contributed by atoms with Crippen molar-refractivity contribution >= 4 is 8.07 Å². The Bertz CT molecular complexity index is 774. The summed E-state index contributed by atoms with van der Waals surface area (Å²) < 4.78 is 75.6. The molecule has 1 aromatic carbocycles. The summed E-state index contributed by atoms with van der Waals surface area (Å²) in [4.78, 5) is 3.89. The number of nitrogens with zero attached hydrogens (tertiary/aromatic N) is 1. The molecule has 2 unspecified atom stereocenters. The van der Waals surface area contributed by atoms with Crippen LogP contribution in [-0.2, 0) is 5.60 Å². The fraction of sp³-hybridized carbons (Fsp3) is 0.450. The summed E-state index contributed by atoms with van der Waals surface area (Å²) in [7, 11) is -2.86. The topological polar surface area (TPSA) is 33.1 Å². The molecule has 1 aromatic heterocycles. The highest BCUT2D eigenvalue weighted by molar-refractivity contribution is 6.77. The monoisotopic (exact) mass is 437 g/mol. The van der Waals surface area contributed by atoms with Crippen molar-refractivity contribution in [1.29, 1.82) is 0 Å². The van der Waals surface area contributed by atoms with E-state index in [0.29, 0.717) is 11.3 Å². The van der Waals surface area contributed by atoms with E-state index in [1.165, 1.54) is 44.9 Å². The molecule has 0 aliphatic carbocycles. The third kappa shape index (κ3) is 6.05. The first-order valence-electron chi connectivity index (χ1n) is 8.85. The summed E-state index contributed by atoms with van der Waals surface area (Å²) >= 11 is 0. The van der Waals surface area contributed by atoms with Crippen molar-refractivity contribution in [2.45, 2.75) is 57.0 Å². The Morgan fingerprint density at radius 2 is 1.41 bits per heavy atom. The summed E-state index contributed by atoms with van der Waals surface area (Å²) in [6.45, 7) is 6.82. The second-order valence-corrected chi connectivity index (χ2v) is 12.9. The van der Waals surface area contributed by atoms with Gasteiger partial charge in [0.2, 0.25) is 0 Å². The highest BCUT2D eigenvalue weighted by Crippen LogP contribution is 2.48. The number of rotatable bonds is 3. The van der Waals surface area contributed by atoms with E-state index in [2.05, 4.69) is 4.98 Å². The second-order valence-electron chi connectivity index (χ2n) is 7.83. The van der Waals surface area contributed by atoms with Gasteiger partial charge in [0.05, 0.1) is 0 Å². The molecule has 2 nitrogen and oxygen atoms in total. The van der Waals surface area contributed by atoms with Gasteiger partial charge in [-0.05, 0) is 30.2 Å². The van der Waals surface area contributed by atoms with Crippen molar-refractivity contribution < 1.29 is 31.4 Å². The summed E-state index contributed by atoms with van der Waals surface area (Å²) in [6.07, 6.45) is -3.52. The van der Waals surface area contributed by atoms with Crippen LogP contribution in [0.4, 0.5) is 26.3 Å². The lowest BCUT2D eigenvalue weighted by Crippen LogP contribution is -2.46. The Kier molecular flexibility index (Phi) is 7.70. The van der Waals surface area contributed by atoms with Crippen LogP contribution in [0.1, 0.15) is 29.7 Å². The van der Waals surface area contributed by atoms with Gasteiger partial charge < -0.3 is 5.11 Å². The quantitative estimate of drug-likeness (QED) is 0.447. The summed E-state index contributed by atoms with van der Waals surface area (Å²) in [5.74, 6) is -5.06. The van der Waals surface area contributed by atoms with Gasteiger partial charge in [0, 0.05) is 17.8 Å². The van der Waals surface area contributed by atoms with Gasteiger partial charge in [-0.25, -0.2) is 0 Å². The van der Waals surface area contributed by atoms with Crippen LogP contribution in [0.3, 0.4) is 0 Å². The van der Waals surface area contributed by atoms with Gasteiger partial charge in [-0.2, -0.15) is 26.3 Å². The van der Waals surface area contributed by atoms with Crippen molar-refractivity contribution in [2.24, 2.45) is 0 Å². The van der Waals surface area contributed by atoms with Crippen LogP contribution >= 0.6 is 0 Å². The Morgan fingerprint density at radius 1 is 0.931 bits per heavy atom. The molecule has 9 heteroatoms. The predicted octanol–water partition coefficient (Wildman–Crippen LogP) is 6.37. The average Bonchev–Trinajstić information content (AvgIpc) is 2.59. The van der Waals surface area contributed by atoms with Gasteiger partial charge in [0.25, 0.3) is 0 Å². The third-order valence-corrected chi connectivity index (χ3v) is 6.25. The van der Waals surface area contributed by atoms with E-state index in [-0.39, 0.29) is 5.56 Å². The van der Waals surface area contributed by atoms with Crippen LogP contribution in [0.2, 0.25) is 19.6 Å². The summed E-state index contributed by atoms with van der Waals surface area (Å²) in [6, 6.07) is 10.7. The predicted molar refractivity (Wildman–Crippen MR) is 103 cm³/mol. The minimum Gasteiger partial charge on any atom is -0.376 e. The van der Waals surface area contributed by atoms with E-state index in [1.54, 1.807) is 37.3 Å². The molecule has 162 valence electrons. The number of aryl methyl sites for hydroxylation is 1. The number of hydrogen-bond donors (Lipinski definition) is 1. The Hall–Kier alpha value is -1.87. The number of halogens is 6. The third-order valence-electron chi connectivity index (χ3n) is 4.55. The zero-order valence-electron chi connectivity index (χ0n) is 16.9. The number of alkyl halides is 6. The maximum absolute atomic E-state index is 13.6. The average molecular weight is 438 g/mol. The van der Waals surface area contributed by atoms with E-state index >= 15 is 0 Å². The fourth-order valence-corrected chi connectivity index (χ4v) is 2.42. The van der Waals surface area contributed by atoms with Gasteiger partial charge >= 0.3 is 12.0 Å². The Balaban J connectivity index is 0.000000447. The Morgan fingerprint density at radius 3 is 1.79 bits per heavy atom. The molecule has 0 aliphatic heterocycles. The molecule has 0 saturated heterocycles. The molecule has 0 bridgehead atoms. The molecule has 0 amide bonds. The maximum Gasteiger partial charge on any atom is 0.422 e. The zero-order valence-corrected chi connectivity index (χ0v) is 17.9. The van der Waals surface area contributed by atoms with Crippen LogP contribution in [0, 0.1) is 6.92 Å². The Labute approximate surface area is 167 Å².